The van der Waals surface area contributed by atoms with E-state index in [2.05, 4.69) is 26.2 Å². The number of nitrogens with one attached hydrogen (secondary N) is 1. The van der Waals surface area contributed by atoms with Crippen molar-refractivity contribution in [1.29, 1.82) is 0 Å². The fraction of sp³-hybridized carbons (Fsp3) is 0.125. The van der Waals surface area contributed by atoms with Crippen LogP contribution in [-0.2, 0) is 4.79 Å². The second kappa shape index (κ2) is 9.08. The summed E-state index contributed by atoms with van der Waals surface area (Å²) in [6, 6.07) is 20.7. The SMILES string of the molecule is Cc1ccc(-n2c(SCC(=O)Nc3ccc(C)cc3Br)nc3ccccc3c2=O)cc1. The number of fused-ring (bicyclic) bond motifs is 1. The van der Waals surface area contributed by atoms with Gasteiger partial charge in [0.15, 0.2) is 5.16 Å². The van der Waals surface area contributed by atoms with Crippen LogP contribution in [0, 0.1) is 13.8 Å². The third-order valence-corrected chi connectivity index (χ3v) is 6.36. The van der Waals surface area contributed by atoms with Crippen molar-refractivity contribution in [2.75, 3.05) is 11.1 Å². The zero-order chi connectivity index (χ0) is 22.0. The van der Waals surface area contributed by atoms with E-state index in [1.54, 1.807) is 10.6 Å². The number of carbonyl (C=O) groups excluding carboxylic acids is 1. The van der Waals surface area contributed by atoms with Gasteiger partial charge in [-0.05, 0) is 71.7 Å². The molecular formula is C24H20BrN3O2S. The van der Waals surface area contributed by atoms with Crippen LogP contribution in [0.4, 0.5) is 5.69 Å². The van der Waals surface area contributed by atoms with Gasteiger partial charge in [-0.15, -0.1) is 0 Å². The molecule has 1 heterocycles. The van der Waals surface area contributed by atoms with Crippen LogP contribution in [0.5, 0.6) is 0 Å². The third-order valence-electron chi connectivity index (χ3n) is 4.77. The van der Waals surface area contributed by atoms with Gasteiger partial charge >= 0.3 is 0 Å². The highest BCUT2D eigenvalue weighted by Gasteiger charge is 2.15. The zero-order valence-electron chi connectivity index (χ0n) is 17.1. The molecule has 0 bridgehead atoms. The third kappa shape index (κ3) is 4.73. The smallest absolute Gasteiger partial charge is 0.266 e. The van der Waals surface area contributed by atoms with Gasteiger partial charge in [0.25, 0.3) is 5.56 Å². The first-order valence-corrected chi connectivity index (χ1v) is 11.5. The van der Waals surface area contributed by atoms with Crippen molar-refractivity contribution < 1.29 is 4.79 Å². The van der Waals surface area contributed by atoms with Gasteiger partial charge in [-0.25, -0.2) is 4.98 Å². The summed E-state index contributed by atoms with van der Waals surface area (Å²) in [5.74, 6) is -0.0517. The lowest BCUT2D eigenvalue weighted by Crippen LogP contribution is -2.23. The number of hydrogen-bond donors (Lipinski definition) is 1. The van der Waals surface area contributed by atoms with Gasteiger partial charge in [-0.3, -0.25) is 14.2 Å². The number of hydrogen-bond acceptors (Lipinski definition) is 4. The van der Waals surface area contributed by atoms with Crippen molar-refractivity contribution in [3.05, 3.63) is 92.7 Å². The molecule has 4 aromatic rings. The van der Waals surface area contributed by atoms with Gasteiger partial charge < -0.3 is 5.32 Å². The van der Waals surface area contributed by atoms with Gasteiger partial charge in [0.2, 0.25) is 5.91 Å². The monoisotopic (exact) mass is 493 g/mol. The fourth-order valence-corrected chi connectivity index (χ4v) is 4.57. The van der Waals surface area contributed by atoms with Gasteiger partial charge in [0.1, 0.15) is 0 Å². The van der Waals surface area contributed by atoms with Crippen molar-refractivity contribution >= 4 is 50.2 Å². The van der Waals surface area contributed by atoms with Crippen LogP contribution in [0.3, 0.4) is 0 Å². The average molecular weight is 494 g/mol. The molecule has 0 atom stereocenters. The molecule has 0 unspecified atom stereocenters. The summed E-state index contributed by atoms with van der Waals surface area (Å²) in [6.07, 6.45) is 0. The number of carbonyl (C=O) groups is 1. The van der Waals surface area contributed by atoms with E-state index in [-0.39, 0.29) is 17.2 Å². The molecule has 3 aromatic carbocycles. The van der Waals surface area contributed by atoms with Crippen molar-refractivity contribution in [2.24, 2.45) is 0 Å². The molecule has 0 spiro atoms. The molecule has 0 saturated carbocycles. The van der Waals surface area contributed by atoms with Crippen molar-refractivity contribution in [1.82, 2.24) is 9.55 Å². The molecule has 7 heteroatoms. The Morgan fingerprint density at radius 3 is 2.48 bits per heavy atom. The normalized spacial score (nSPS) is 10.9. The van der Waals surface area contributed by atoms with Crippen LogP contribution in [0.25, 0.3) is 16.6 Å². The number of nitrogens with zero attached hydrogens (tertiary/aromatic N) is 2. The standard InChI is InChI=1S/C24H20BrN3O2S/c1-15-7-10-17(11-8-15)28-23(30)18-5-3-4-6-20(18)27-24(28)31-14-22(29)26-21-12-9-16(2)13-19(21)25/h3-13H,14H2,1-2H3,(H,26,29). The lowest BCUT2D eigenvalue weighted by molar-refractivity contribution is -0.113. The first kappa shape index (κ1) is 21.3. The van der Waals surface area contributed by atoms with E-state index in [0.717, 1.165) is 21.3 Å². The van der Waals surface area contributed by atoms with Crippen LogP contribution in [0.15, 0.2) is 81.2 Å². The Morgan fingerprint density at radius 1 is 1.03 bits per heavy atom. The summed E-state index contributed by atoms with van der Waals surface area (Å²) in [5, 5.41) is 3.92. The Balaban J connectivity index is 1.66. The topological polar surface area (TPSA) is 64.0 Å². The van der Waals surface area contributed by atoms with Crippen LogP contribution in [0.2, 0.25) is 0 Å². The maximum Gasteiger partial charge on any atom is 0.266 e. The van der Waals surface area contributed by atoms with Gasteiger partial charge in [-0.2, -0.15) is 0 Å². The molecule has 5 nitrogen and oxygen atoms in total. The largest absolute Gasteiger partial charge is 0.324 e. The van der Waals surface area contributed by atoms with Gasteiger partial charge in [0, 0.05) is 4.47 Å². The molecule has 0 saturated heterocycles. The fourth-order valence-electron chi connectivity index (χ4n) is 3.17. The number of thioether (sulfide) groups is 1. The van der Waals surface area contributed by atoms with Crippen molar-refractivity contribution in [3.8, 4) is 5.69 Å². The molecule has 4 rings (SSSR count). The number of rotatable bonds is 5. The maximum atomic E-state index is 13.2. The lowest BCUT2D eigenvalue weighted by Gasteiger charge is -2.14. The van der Waals surface area contributed by atoms with Crippen molar-refractivity contribution in [3.63, 3.8) is 0 Å². The Kier molecular flexibility index (Phi) is 6.25. The van der Waals surface area contributed by atoms with E-state index in [9.17, 15) is 9.59 Å². The number of aryl methyl sites for hydroxylation is 2. The van der Waals surface area contributed by atoms with Crippen LogP contribution in [-0.4, -0.2) is 21.2 Å². The van der Waals surface area contributed by atoms with Gasteiger partial charge in [0.05, 0.1) is 28.0 Å². The molecule has 1 amide bonds. The number of amides is 1. The Morgan fingerprint density at radius 2 is 1.74 bits per heavy atom. The van der Waals surface area contributed by atoms with E-state index in [0.29, 0.717) is 21.7 Å². The number of benzene rings is 3. The summed E-state index contributed by atoms with van der Waals surface area (Å²) in [6.45, 7) is 3.98. The molecule has 31 heavy (non-hydrogen) atoms. The molecule has 0 radical (unpaired) electrons. The quantitative estimate of drug-likeness (QED) is 0.294. The summed E-state index contributed by atoms with van der Waals surface area (Å²) in [4.78, 5) is 30.5. The number of aromatic nitrogens is 2. The van der Waals surface area contributed by atoms with E-state index in [1.807, 2.05) is 74.5 Å². The molecule has 0 aliphatic heterocycles. The van der Waals surface area contributed by atoms with Crippen LogP contribution < -0.4 is 10.9 Å². The summed E-state index contributed by atoms with van der Waals surface area (Å²) < 4.78 is 2.40. The predicted molar refractivity (Wildman–Crippen MR) is 130 cm³/mol. The first-order chi connectivity index (χ1) is 14.9. The minimum absolute atomic E-state index is 0.122. The predicted octanol–water partition coefficient (Wildman–Crippen LogP) is 5.50. The average Bonchev–Trinajstić information content (AvgIpc) is 2.75. The lowest BCUT2D eigenvalue weighted by atomic mass is 10.2. The second-order valence-electron chi connectivity index (χ2n) is 7.21. The van der Waals surface area contributed by atoms with Crippen LogP contribution >= 0.6 is 27.7 Å². The molecule has 0 aliphatic carbocycles. The number of para-hydroxylation sites is 1. The Bertz CT molecular complexity index is 1330. The van der Waals surface area contributed by atoms with E-state index in [1.165, 1.54) is 11.8 Å². The minimum atomic E-state index is -0.174. The van der Waals surface area contributed by atoms with Gasteiger partial charge in [-0.1, -0.05) is 47.7 Å². The summed E-state index contributed by atoms with van der Waals surface area (Å²) >= 11 is 4.71. The Hall–Kier alpha value is -2.90. The van der Waals surface area contributed by atoms with E-state index >= 15 is 0 Å². The Labute approximate surface area is 192 Å². The molecule has 0 fully saturated rings. The molecular weight excluding hydrogens is 474 g/mol. The zero-order valence-corrected chi connectivity index (χ0v) is 19.5. The van der Waals surface area contributed by atoms with Crippen LogP contribution in [0.1, 0.15) is 11.1 Å². The summed E-state index contributed by atoms with van der Waals surface area (Å²) in [7, 11) is 0. The van der Waals surface area contributed by atoms with Crippen molar-refractivity contribution in [2.45, 2.75) is 19.0 Å². The molecule has 156 valence electrons. The number of halogens is 1. The van der Waals surface area contributed by atoms with E-state index < -0.39 is 0 Å². The minimum Gasteiger partial charge on any atom is -0.324 e. The number of anilines is 1. The molecule has 1 N–H and O–H groups in total. The first-order valence-electron chi connectivity index (χ1n) is 9.70. The highest BCUT2D eigenvalue weighted by atomic mass is 79.9. The highest BCUT2D eigenvalue weighted by molar-refractivity contribution is 9.10. The highest BCUT2D eigenvalue weighted by Crippen LogP contribution is 2.25. The summed E-state index contributed by atoms with van der Waals surface area (Å²) in [5.41, 5.74) is 4.08. The molecule has 0 aliphatic rings. The van der Waals surface area contributed by atoms with E-state index in [4.69, 9.17) is 0 Å². The maximum absolute atomic E-state index is 13.2. The molecule has 1 aromatic heterocycles. The second-order valence-corrected chi connectivity index (χ2v) is 9.00.